The maximum Gasteiger partial charge on any atom is 0.258 e. The minimum Gasteiger partial charge on any atom is -0.494 e. The second-order valence-electron chi connectivity index (χ2n) is 9.25. The van der Waals surface area contributed by atoms with Gasteiger partial charge < -0.3 is 19.5 Å². The van der Waals surface area contributed by atoms with Crippen molar-refractivity contribution in [2.75, 3.05) is 13.1 Å². The van der Waals surface area contributed by atoms with Crippen LogP contribution >= 0.6 is 11.6 Å². The lowest BCUT2D eigenvalue weighted by Gasteiger charge is -2.45. The van der Waals surface area contributed by atoms with Gasteiger partial charge in [-0.1, -0.05) is 28.9 Å². The topological polar surface area (TPSA) is 79.4 Å². The summed E-state index contributed by atoms with van der Waals surface area (Å²) >= 11 is 6.00. The first-order valence-electron chi connectivity index (χ1n) is 11.4. The molecule has 170 valence electrons. The third-order valence-corrected chi connectivity index (χ3v) is 7.20. The normalized spacial score (nSPS) is 20.7. The Morgan fingerprint density at radius 3 is 2.76 bits per heavy atom. The highest BCUT2D eigenvalue weighted by Gasteiger charge is 2.34. The number of halogens is 1. The highest BCUT2D eigenvalue weighted by molar-refractivity contribution is 6.30. The summed E-state index contributed by atoms with van der Waals surface area (Å²) in [5, 5.41) is 21.2. The number of aromatic nitrogens is 3. The Balaban J connectivity index is 1.26. The molecule has 8 heteroatoms. The zero-order valence-corrected chi connectivity index (χ0v) is 19.2. The van der Waals surface area contributed by atoms with Gasteiger partial charge in [-0.25, -0.2) is 0 Å². The molecule has 33 heavy (non-hydrogen) atoms. The van der Waals surface area contributed by atoms with E-state index in [0.29, 0.717) is 36.1 Å². The molecule has 2 unspecified atom stereocenters. The van der Waals surface area contributed by atoms with E-state index < -0.39 is 0 Å². The Hall–Kier alpha value is -2.87. The fourth-order valence-electron chi connectivity index (χ4n) is 5.24. The molecule has 7 nitrogen and oxygen atoms in total. The molecule has 3 saturated heterocycles. The van der Waals surface area contributed by atoms with Gasteiger partial charge in [-0.15, -0.1) is 0 Å². The smallest absolute Gasteiger partial charge is 0.258 e. The second-order valence-corrected chi connectivity index (χ2v) is 9.68. The van der Waals surface area contributed by atoms with Gasteiger partial charge in [-0.05, 0) is 55.2 Å². The van der Waals surface area contributed by atoms with Crippen LogP contribution in [0.1, 0.15) is 29.8 Å². The van der Waals surface area contributed by atoms with E-state index in [2.05, 4.69) is 20.4 Å². The summed E-state index contributed by atoms with van der Waals surface area (Å²) in [7, 11) is 0. The maximum atomic E-state index is 10.9. The lowest BCUT2D eigenvalue weighted by atomic mass is 9.93. The molecule has 0 radical (unpaired) electrons. The molecule has 7 rings (SSSR count). The standard InChI is InChI=1S/C25H26ClN5O2/c1-15-8-17(24-28-22(29-33-24)14-30-13-20-6-7-21(30)10-27-20)9-18-12-31(25(32)23(15)18)11-16-2-4-19(26)5-3-16/h2-5,8-9,12,20-21,27,32H,6-7,10-11,13-14H2,1H3. The van der Waals surface area contributed by atoms with Crippen molar-refractivity contribution >= 4 is 22.4 Å². The fraction of sp³-hybridized carbons (Fsp3) is 0.360. The largest absolute Gasteiger partial charge is 0.494 e. The number of benzene rings is 2. The maximum absolute atomic E-state index is 10.9. The molecule has 3 fully saturated rings. The van der Waals surface area contributed by atoms with Gasteiger partial charge >= 0.3 is 0 Å². The molecule has 3 aliphatic heterocycles. The summed E-state index contributed by atoms with van der Waals surface area (Å²) in [5.41, 5.74) is 2.90. The van der Waals surface area contributed by atoms with Crippen molar-refractivity contribution in [2.45, 2.75) is 44.9 Å². The molecule has 0 spiro atoms. The summed E-state index contributed by atoms with van der Waals surface area (Å²) in [6, 6.07) is 12.8. The third-order valence-electron chi connectivity index (χ3n) is 6.94. The molecule has 2 bridgehead atoms. The van der Waals surface area contributed by atoms with Gasteiger partial charge in [0.15, 0.2) is 11.7 Å². The highest BCUT2D eigenvalue weighted by atomic mass is 35.5. The van der Waals surface area contributed by atoms with Gasteiger partial charge in [0.25, 0.3) is 5.89 Å². The predicted octanol–water partition coefficient (Wildman–Crippen LogP) is 4.34. The zero-order chi connectivity index (χ0) is 22.5. The molecule has 5 heterocycles. The molecule has 2 N–H and O–H groups in total. The lowest BCUT2D eigenvalue weighted by molar-refractivity contribution is 0.0656. The Morgan fingerprint density at radius 1 is 1.18 bits per heavy atom. The number of hydrogen-bond donors (Lipinski definition) is 2. The van der Waals surface area contributed by atoms with Crippen LogP contribution in [0.4, 0.5) is 0 Å². The van der Waals surface area contributed by atoms with Crippen LogP contribution in [0.15, 0.2) is 47.1 Å². The van der Waals surface area contributed by atoms with Crippen LogP contribution in [0.3, 0.4) is 0 Å². The Labute approximate surface area is 197 Å². The zero-order valence-electron chi connectivity index (χ0n) is 18.5. The van der Waals surface area contributed by atoms with Crippen LogP contribution in [0.5, 0.6) is 5.88 Å². The number of hydrogen-bond acceptors (Lipinski definition) is 6. The molecule has 4 aromatic rings. The minimum atomic E-state index is 0.254. The lowest BCUT2D eigenvalue weighted by Crippen LogP contribution is -2.60. The quantitative estimate of drug-likeness (QED) is 0.458. The molecular formula is C25H26ClN5O2. The number of nitrogens with one attached hydrogen (secondary N) is 1. The van der Waals surface area contributed by atoms with Crippen molar-refractivity contribution < 1.29 is 9.63 Å². The Kier molecular flexibility index (Phi) is 5.13. The SMILES string of the molecule is Cc1cc(-c2nc(CN3CC4CCC3CN4)no2)cc2cn(Cc3ccc(Cl)cc3)c(O)c12. The minimum absolute atomic E-state index is 0.254. The van der Waals surface area contributed by atoms with Crippen molar-refractivity contribution in [2.24, 2.45) is 0 Å². The summed E-state index contributed by atoms with van der Waals surface area (Å²) in [6.07, 6.45) is 4.45. The van der Waals surface area contributed by atoms with E-state index in [1.54, 1.807) is 0 Å². The average molecular weight is 464 g/mol. The monoisotopic (exact) mass is 463 g/mol. The van der Waals surface area contributed by atoms with Gasteiger partial charge in [0.2, 0.25) is 0 Å². The Bertz CT molecular complexity index is 1300. The van der Waals surface area contributed by atoms with Crippen LogP contribution in [-0.4, -0.2) is 49.9 Å². The van der Waals surface area contributed by atoms with Crippen LogP contribution in [0.2, 0.25) is 5.02 Å². The van der Waals surface area contributed by atoms with E-state index >= 15 is 0 Å². The van der Waals surface area contributed by atoms with Gasteiger partial charge in [-0.3, -0.25) is 4.90 Å². The van der Waals surface area contributed by atoms with E-state index in [1.807, 2.05) is 54.1 Å². The summed E-state index contributed by atoms with van der Waals surface area (Å²) < 4.78 is 7.49. The summed E-state index contributed by atoms with van der Waals surface area (Å²) in [5.74, 6) is 1.49. The average Bonchev–Trinajstić information content (AvgIpc) is 3.41. The van der Waals surface area contributed by atoms with E-state index in [1.165, 1.54) is 12.8 Å². The number of nitrogens with zero attached hydrogens (tertiary/aromatic N) is 4. The van der Waals surface area contributed by atoms with Crippen molar-refractivity contribution in [1.29, 1.82) is 0 Å². The number of rotatable bonds is 5. The highest BCUT2D eigenvalue weighted by Crippen LogP contribution is 2.34. The van der Waals surface area contributed by atoms with Crippen molar-refractivity contribution in [3.05, 3.63) is 64.6 Å². The third kappa shape index (κ3) is 3.90. The fourth-order valence-corrected chi connectivity index (χ4v) is 5.36. The van der Waals surface area contributed by atoms with E-state index in [4.69, 9.17) is 16.1 Å². The van der Waals surface area contributed by atoms with Crippen LogP contribution < -0.4 is 5.32 Å². The molecule has 0 saturated carbocycles. The van der Waals surface area contributed by atoms with E-state index in [9.17, 15) is 5.11 Å². The predicted molar refractivity (Wildman–Crippen MR) is 127 cm³/mol. The van der Waals surface area contributed by atoms with Gasteiger partial charge in [0.05, 0.1) is 13.1 Å². The Morgan fingerprint density at radius 2 is 2.03 bits per heavy atom. The van der Waals surface area contributed by atoms with Crippen LogP contribution in [0, 0.1) is 6.92 Å². The van der Waals surface area contributed by atoms with Gasteiger partial charge in [0.1, 0.15) is 0 Å². The van der Waals surface area contributed by atoms with Crippen molar-refractivity contribution in [3.8, 4) is 17.3 Å². The number of fused-ring (bicyclic) bond motifs is 4. The van der Waals surface area contributed by atoms with Crippen molar-refractivity contribution in [3.63, 3.8) is 0 Å². The van der Waals surface area contributed by atoms with Gasteiger partial charge in [0, 0.05) is 52.7 Å². The van der Waals surface area contributed by atoms with Gasteiger partial charge in [-0.2, -0.15) is 4.98 Å². The first-order valence-corrected chi connectivity index (χ1v) is 11.8. The number of aryl methyl sites for hydroxylation is 1. The van der Waals surface area contributed by atoms with E-state index in [-0.39, 0.29) is 5.88 Å². The number of aromatic hydroxyl groups is 1. The molecule has 0 aliphatic carbocycles. The molecule has 3 aliphatic rings. The van der Waals surface area contributed by atoms with Crippen LogP contribution in [0.25, 0.3) is 22.2 Å². The number of piperidine rings is 2. The summed E-state index contributed by atoms with van der Waals surface area (Å²) in [6.45, 7) is 5.35. The molecule has 2 aromatic heterocycles. The molecule has 2 aromatic carbocycles. The molecular weight excluding hydrogens is 438 g/mol. The molecule has 2 atom stereocenters. The first-order chi connectivity index (χ1) is 16.0. The van der Waals surface area contributed by atoms with Crippen LogP contribution in [-0.2, 0) is 13.1 Å². The van der Waals surface area contributed by atoms with E-state index in [0.717, 1.165) is 46.4 Å². The summed E-state index contributed by atoms with van der Waals surface area (Å²) in [4.78, 5) is 7.15. The first kappa shape index (κ1) is 20.7. The van der Waals surface area contributed by atoms with Crippen molar-refractivity contribution in [1.82, 2.24) is 24.9 Å². The number of piperazine rings is 1. The molecule has 0 amide bonds. The second kappa shape index (κ2) is 8.17.